The van der Waals surface area contributed by atoms with Crippen LogP contribution >= 0.6 is 0 Å². The quantitative estimate of drug-likeness (QED) is 0.391. The maximum Gasteiger partial charge on any atom is 0.290 e. The fraction of sp³-hybridized carbons (Fsp3) is 0.231. The number of aromatic nitrogens is 3. The Morgan fingerprint density at radius 3 is 2.51 bits per heavy atom. The number of amides is 1. The second kappa shape index (κ2) is 8.43. The van der Waals surface area contributed by atoms with E-state index >= 15 is 0 Å². The van der Waals surface area contributed by atoms with Crippen LogP contribution in [0.2, 0.25) is 0 Å². The number of nitrogens with zero attached hydrogens (tertiary/aromatic N) is 2. The molecule has 2 heterocycles. The van der Waals surface area contributed by atoms with Gasteiger partial charge in [0.2, 0.25) is 0 Å². The first-order valence-electron chi connectivity index (χ1n) is 11.2. The molecule has 5 rings (SSSR count). The molecule has 2 N–H and O–H groups in total. The van der Waals surface area contributed by atoms with E-state index < -0.39 is 11.5 Å². The number of nitrogens with one attached hydrogen (secondary N) is 2. The number of ketones is 1. The molecule has 0 unspecified atom stereocenters. The van der Waals surface area contributed by atoms with E-state index in [1.165, 1.54) is 14.2 Å². The molecule has 0 atom stereocenters. The highest BCUT2D eigenvalue weighted by Gasteiger charge is 2.34. The molecule has 0 saturated heterocycles. The molecular weight excluding hydrogens is 448 g/mol. The number of hydrogen-bond donors (Lipinski definition) is 2. The minimum atomic E-state index is -0.585. The van der Waals surface area contributed by atoms with Gasteiger partial charge in [-0.25, -0.2) is 4.68 Å². The molecule has 4 aromatic rings. The standard InChI is InChI=1S/C26H24N4O5/c1-13(2)11-14-12-18(28-27-14)25(32)29-30-22-15-7-5-6-8-16(15)23(31)20(22)17-9-10-19(34-3)24(35-4)21(17)26(30)33/h5-10,12-13H,11H2,1-4H3,(H,27,28)(H,29,32). The highest BCUT2D eigenvalue weighted by Crippen LogP contribution is 2.42. The van der Waals surface area contributed by atoms with E-state index in [4.69, 9.17) is 9.47 Å². The van der Waals surface area contributed by atoms with E-state index in [2.05, 4.69) is 29.5 Å². The van der Waals surface area contributed by atoms with E-state index in [-0.39, 0.29) is 22.6 Å². The largest absolute Gasteiger partial charge is 0.493 e. The summed E-state index contributed by atoms with van der Waals surface area (Å²) in [7, 11) is 2.88. The Morgan fingerprint density at radius 1 is 1.09 bits per heavy atom. The van der Waals surface area contributed by atoms with Crippen LogP contribution in [-0.4, -0.2) is 40.8 Å². The van der Waals surface area contributed by atoms with Gasteiger partial charge in [-0.1, -0.05) is 38.1 Å². The summed E-state index contributed by atoms with van der Waals surface area (Å²) >= 11 is 0. The van der Waals surface area contributed by atoms with Gasteiger partial charge in [0.15, 0.2) is 23.0 Å². The summed E-state index contributed by atoms with van der Waals surface area (Å²) in [6.07, 6.45) is 0.727. The van der Waals surface area contributed by atoms with Crippen molar-refractivity contribution in [3.63, 3.8) is 0 Å². The Bertz CT molecular complexity index is 1560. The van der Waals surface area contributed by atoms with Crippen molar-refractivity contribution in [1.82, 2.24) is 14.9 Å². The van der Waals surface area contributed by atoms with E-state index in [0.717, 1.165) is 16.8 Å². The molecule has 0 bridgehead atoms. The van der Waals surface area contributed by atoms with Crippen molar-refractivity contribution in [2.45, 2.75) is 20.3 Å². The summed E-state index contributed by atoms with van der Waals surface area (Å²) in [5, 5.41) is 7.53. The van der Waals surface area contributed by atoms with Crippen LogP contribution < -0.4 is 20.5 Å². The highest BCUT2D eigenvalue weighted by molar-refractivity contribution is 6.27. The number of fused-ring (bicyclic) bond motifs is 5. The maximum absolute atomic E-state index is 13.8. The number of H-pyrrole nitrogens is 1. The Hall–Kier alpha value is -4.40. The number of hydrogen-bond acceptors (Lipinski definition) is 6. The lowest BCUT2D eigenvalue weighted by Crippen LogP contribution is -2.35. The smallest absolute Gasteiger partial charge is 0.290 e. The minimum Gasteiger partial charge on any atom is -0.493 e. The van der Waals surface area contributed by atoms with Gasteiger partial charge in [-0.15, -0.1) is 0 Å². The lowest BCUT2D eigenvalue weighted by atomic mass is 10.0. The number of ether oxygens (including phenoxy) is 2. The van der Waals surface area contributed by atoms with Crippen molar-refractivity contribution in [3.05, 3.63) is 75.3 Å². The molecule has 0 aliphatic heterocycles. The third kappa shape index (κ3) is 3.47. The summed E-state index contributed by atoms with van der Waals surface area (Å²) in [4.78, 5) is 40.5. The van der Waals surface area contributed by atoms with Gasteiger partial charge >= 0.3 is 0 Å². The molecule has 0 fully saturated rings. The molecule has 9 nitrogen and oxygen atoms in total. The molecule has 2 aromatic carbocycles. The number of pyridine rings is 1. The molecule has 0 spiro atoms. The van der Waals surface area contributed by atoms with Gasteiger partial charge in [0.25, 0.3) is 11.5 Å². The third-order valence-electron chi connectivity index (χ3n) is 6.05. The van der Waals surface area contributed by atoms with Crippen LogP contribution in [0.4, 0.5) is 0 Å². The summed E-state index contributed by atoms with van der Waals surface area (Å²) < 4.78 is 12.0. The molecule has 35 heavy (non-hydrogen) atoms. The fourth-order valence-corrected chi connectivity index (χ4v) is 4.60. The number of methoxy groups -OCH3 is 2. The van der Waals surface area contributed by atoms with E-state index in [9.17, 15) is 14.4 Å². The molecule has 0 saturated carbocycles. The van der Waals surface area contributed by atoms with E-state index in [1.54, 1.807) is 42.5 Å². The van der Waals surface area contributed by atoms with Crippen molar-refractivity contribution in [2.24, 2.45) is 5.92 Å². The van der Waals surface area contributed by atoms with Crippen LogP contribution in [0.3, 0.4) is 0 Å². The number of carbonyl (C=O) groups is 2. The number of carbonyl (C=O) groups excluding carboxylic acids is 2. The lowest BCUT2D eigenvalue weighted by Gasteiger charge is -2.17. The average Bonchev–Trinajstić information content (AvgIpc) is 3.43. The normalized spacial score (nSPS) is 12.1. The zero-order chi connectivity index (χ0) is 24.9. The van der Waals surface area contributed by atoms with E-state index in [1.807, 2.05) is 0 Å². The SMILES string of the molecule is COc1ccc2c3c(n(NC(=O)c4cc(CC(C)C)[nH]n4)c(=O)c2c1OC)-c1ccccc1C3=O. The van der Waals surface area contributed by atoms with Crippen molar-refractivity contribution in [1.29, 1.82) is 0 Å². The van der Waals surface area contributed by atoms with Crippen LogP contribution in [0.5, 0.6) is 11.5 Å². The number of rotatable bonds is 6. The van der Waals surface area contributed by atoms with Crippen molar-refractivity contribution < 1.29 is 19.1 Å². The van der Waals surface area contributed by atoms with Gasteiger partial charge in [0.1, 0.15) is 0 Å². The van der Waals surface area contributed by atoms with Crippen LogP contribution in [0.1, 0.15) is 46.0 Å². The van der Waals surface area contributed by atoms with Crippen LogP contribution in [0.25, 0.3) is 22.0 Å². The Labute approximate surface area is 200 Å². The second-order valence-electron chi connectivity index (χ2n) is 8.78. The molecule has 1 aliphatic rings. The van der Waals surface area contributed by atoms with Gasteiger partial charge < -0.3 is 9.47 Å². The molecule has 1 amide bonds. The molecule has 1 aliphatic carbocycles. The minimum absolute atomic E-state index is 0.134. The van der Waals surface area contributed by atoms with Crippen LogP contribution in [0.15, 0.2) is 47.3 Å². The van der Waals surface area contributed by atoms with Gasteiger partial charge in [-0.3, -0.25) is 24.9 Å². The van der Waals surface area contributed by atoms with Crippen molar-refractivity contribution in [3.8, 4) is 22.8 Å². The van der Waals surface area contributed by atoms with Crippen LogP contribution in [0, 0.1) is 5.92 Å². The number of aromatic amines is 1. The van der Waals surface area contributed by atoms with Gasteiger partial charge in [0, 0.05) is 22.2 Å². The second-order valence-corrected chi connectivity index (χ2v) is 8.78. The first-order chi connectivity index (χ1) is 16.8. The molecule has 0 radical (unpaired) electrons. The summed E-state index contributed by atoms with van der Waals surface area (Å²) in [6.45, 7) is 4.13. The zero-order valence-corrected chi connectivity index (χ0v) is 19.8. The molecule has 178 valence electrons. The average molecular weight is 473 g/mol. The Kier molecular flexibility index (Phi) is 5.39. The van der Waals surface area contributed by atoms with Gasteiger partial charge in [-0.05, 0) is 30.5 Å². The van der Waals surface area contributed by atoms with Crippen LogP contribution in [-0.2, 0) is 6.42 Å². The highest BCUT2D eigenvalue weighted by atomic mass is 16.5. The zero-order valence-electron chi connectivity index (χ0n) is 19.8. The Balaban J connectivity index is 1.75. The van der Waals surface area contributed by atoms with Crippen molar-refractivity contribution in [2.75, 3.05) is 19.6 Å². The lowest BCUT2D eigenvalue weighted by molar-refractivity contribution is 0.0999. The molecule has 9 heteroatoms. The number of benzene rings is 2. The molecule has 2 aromatic heterocycles. The monoisotopic (exact) mass is 472 g/mol. The predicted molar refractivity (Wildman–Crippen MR) is 131 cm³/mol. The van der Waals surface area contributed by atoms with Crippen molar-refractivity contribution >= 4 is 22.5 Å². The first-order valence-corrected chi connectivity index (χ1v) is 11.2. The third-order valence-corrected chi connectivity index (χ3v) is 6.05. The summed E-state index contributed by atoms with van der Waals surface area (Å²) in [5.41, 5.74) is 4.71. The summed E-state index contributed by atoms with van der Waals surface area (Å²) in [5.74, 6) is 0.0724. The van der Waals surface area contributed by atoms with Gasteiger partial charge in [0.05, 0.1) is 30.9 Å². The fourth-order valence-electron chi connectivity index (χ4n) is 4.60. The first kappa shape index (κ1) is 22.4. The summed E-state index contributed by atoms with van der Waals surface area (Å²) in [6, 6.07) is 12.0. The van der Waals surface area contributed by atoms with E-state index in [0.29, 0.717) is 39.4 Å². The molecular formula is C26H24N4O5. The predicted octanol–water partition coefficient (Wildman–Crippen LogP) is 3.54. The van der Waals surface area contributed by atoms with Gasteiger partial charge in [-0.2, -0.15) is 5.10 Å². The topological polar surface area (TPSA) is 115 Å². The Morgan fingerprint density at radius 2 is 1.83 bits per heavy atom. The maximum atomic E-state index is 13.8.